The second kappa shape index (κ2) is 7.63. The highest BCUT2D eigenvalue weighted by Crippen LogP contribution is 2.30. The summed E-state index contributed by atoms with van der Waals surface area (Å²) in [6.45, 7) is 0. The average Bonchev–Trinajstić information content (AvgIpc) is 2.77. The monoisotopic (exact) mass is 397 g/mol. The largest absolute Gasteiger partial charge is 0.336 e. The van der Waals surface area contributed by atoms with Gasteiger partial charge in [-0.15, -0.1) is 10.2 Å². The molecule has 144 valence electrons. The molecule has 4 rings (SSSR count). The number of benzene rings is 2. The minimum atomic E-state index is -1.93. The molecule has 2 aromatic heterocycles. The molecule has 0 bridgehead atoms. The van der Waals surface area contributed by atoms with E-state index in [0.717, 1.165) is 0 Å². The molecule has 0 spiro atoms. The third-order valence-electron chi connectivity index (χ3n) is 3.98. The Labute approximate surface area is 162 Å². The fraction of sp³-hybridized carbons (Fsp3) is 0. The van der Waals surface area contributed by atoms with Crippen molar-refractivity contribution in [2.75, 3.05) is 5.32 Å². The van der Waals surface area contributed by atoms with Gasteiger partial charge >= 0.3 is 0 Å². The van der Waals surface area contributed by atoms with Crippen LogP contribution in [-0.4, -0.2) is 20.2 Å². The molecule has 0 amide bonds. The van der Waals surface area contributed by atoms with Crippen LogP contribution < -0.4 is 5.32 Å². The molecule has 4 aromatic rings. The van der Waals surface area contributed by atoms with Crippen LogP contribution in [-0.2, 0) is 0 Å². The van der Waals surface area contributed by atoms with Crippen LogP contribution in [0.5, 0.6) is 0 Å². The van der Waals surface area contributed by atoms with Crippen molar-refractivity contribution in [2.24, 2.45) is 0 Å². The van der Waals surface area contributed by atoms with Crippen LogP contribution >= 0.6 is 0 Å². The van der Waals surface area contributed by atoms with Gasteiger partial charge in [0, 0.05) is 17.8 Å². The van der Waals surface area contributed by atoms with Gasteiger partial charge in [-0.1, -0.05) is 36.4 Å². The maximum atomic E-state index is 14.2. The number of halogens is 4. The highest BCUT2D eigenvalue weighted by molar-refractivity contribution is 5.76. The van der Waals surface area contributed by atoms with E-state index in [2.05, 4.69) is 25.5 Å². The van der Waals surface area contributed by atoms with E-state index < -0.39 is 29.0 Å². The first kappa shape index (κ1) is 18.5. The van der Waals surface area contributed by atoms with Crippen LogP contribution in [0.2, 0.25) is 0 Å². The maximum absolute atomic E-state index is 14.2. The summed E-state index contributed by atoms with van der Waals surface area (Å²) in [6.07, 6.45) is 1.53. The molecule has 0 unspecified atom stereocenters. The van der Waals surface area contributed by atoms with Crippen LogP contribution in [0.25, 0.3) is 22.8 Å². The van der Waals surface area contributed by atoms with Gasteiger partial charge in [-0.25, -0.2) is 22.5 Å². The van der Waals surface area contributed by atoms with E-state index in [4.69, 9.17) is 0 Å². The van der Waals surface area contributed by atoms with Crippen LogP contribution in [0, 0.1) is 23.3 Å². The van der Waals surface area contributed by atoms with E-state index in [-0.39, 0.29) is 17.3 Å². The van der Waals surface area contributed by atoms with Crippen LogP contribution in [0.3, 0.4) is 0 Å². The van der Waals surface area contributed by atoms with Gasteiger partial charge in [0.2, 0.25) is 5.82 Å². The van der Waals surface area contributed by atoms with Crippen molar-refractivity contribution in [1.29, 1.82) is 0 Å². The van der Waals surface area contributed by atoms with Gasteiger partial charge in [0.25, 0.3) is 0 Å². The third-order valence-corrected chi connectivity index (χ3v) is 3.98. The molecular formula is C20H11F4N5. The summed E-state index contributed by atoms with van der Waals surface area (Å²) in [7, 11) is 0. The SMILES string of the molecule is Fc1cc(Nc2nc(-c3ccccn3)nnc2-c2ccccc2)c(F)c(F)c1F. The van der Waals surface area contributed by atoms with Crippen molar-refractivity contribution >= 4 is 11.5 Å². The van der Waals surface area contributed by atoms with Crippen LogP contribution in [0.15, 0.2) is 60.8 Å². The average molecular weight is 397 g/mol. The van der Waals surface area contributed by atoms with Crippen LogP contribution in [0.4, 0.5) is 29.1 Å². The summed E-state index contributed by atoms with van der Waals surface area (Å²) >= 11 is 0. The molecular weight excluding hydrogens is 386 g/mol. The molecule has 0 aliphatic rings. The van der Waals surface area contributed by atoms with E-state index in [1.54, 1.807) is 48.5 Å². The molecule has 0 saturated carbocycles. The molecule has 29 heavy (non-hydrogen) atoms. The first-order valence-corrected chi connectivity index (χ1v) is 8.36. The lowest BCUT2D eigenvalue weighted by molar-refractivity contribution is 0.411. The molecule has 0 aliphatic heterocycles. The van der Waals surface area contributed by atoms with Gasteiger partial charge in [0.05, 0.1) is 5.69 Å². The Bertz CT molecular complexity index is 1170. The number of hydrogen-bond acceptors (Lipinski definition) is 5. The highest BCUT2D eigenvalue weighted by Gasteiger charge is 2.21. The predicted molar refractivity (Wildman–Crippen MR) is 98.1 cm³/mol. The molecule has 5 nitrogen and oxygen atoms in total. The molecule has 2 heterocycles. The summed E-state index contributed by atoms with van der Waals surface area (Å²) in [5, 5.41) is 10.6. The first-order valence-electron chi connectivity index (χ1n) is 8.36. The van der Waals surface area contributed by atoms with Gasteiger partial charge < -0.3 is 5.32 Å². The number of rotatable bonds is 4. The van der Waals surface area contributed by atoms with E-state index in [1.807, 2.05) is 0 Å². The van der Waals surface area contributed by atoms with Gasteiger partial charge in [-0.05, 0) is 12.1 Å². The van der Waals surface area contributed by atoms with Crippen molar-refractivity contribution in [1.82, 2.24) is 20.2 Å². The van der Waals surface area contributed by atoms with E-state index in [0.29, 0.717) is 17.3 Å². The summed E-state index contributed by atoms with van der Waals surface area (Å²) in [4.78, 5) is 8.41. The first-order chi connectivity index (χ1) is 14.0. The van der Waals surface area contributed by atoms with Crippen LogP contribution in [0.1, 0.15) is 0 Å². The number of hydrogen-bond donors (Lipinski definition) is 1. The highest BCUT2D eigenvalue weighted by atomic mass is 19.2. The van der Waals surface area contributed by atoms with E-state index in [9.17, 15) is 17.6 Å². The quantitative estimate of drug-likeness (QED) is 0.301. The number of anilines is 2. The zero-order chi connectivity index (χ0) is 20.4. The van der Waals surface area contributed by atoms with Gasteiger partial charge in [0.15, 0.2) is 29.1 Å². The Balaban J connectivity index is 1.86. The summed E-state index contributed by atoms with van der Waals surface area (Å²) < 4.78 is 54.7. The summed E-state index contributed by atoms with van der Waals surface area (Å²) in [6, 6.07) is 14.2. The van der Waals surface area contributed by atoms with E-state index >= 15 is 0 Å². The number of nitrogens with one attached hydrogen (secondary N) is 1. The standard InChI is InChI=1S/C20H11F4N5/c21-12-10-14(16(23)17(24)15(12)22)26-20-18(11-6-2-1-3-7-11)28-29-19(27-20)13-8-4-5-9-25-13/h1-10H,(H,26,27,29). The Morgan fingerprint density at radius 2 is 1.52 bits per heavy atom. The fourth-order valence-corrected chi connectivity index (χ4v) is 2.60. The molecule has 2 aromatic carbocycles. The normalized spacial score (nSPS) is 10.8. The lowest BCUT2D eigenvalue weighted by Gasteiger charge is -2.12. The van der Waals surface area contributed by atoms with Crippen molar-refractivity contribution in [3.05, 3.63) is 84.1 Å². The molecule has 1 N–H and O–H groups in total. The summed E-state index contributed by atoms with van der Waals surface area (Å²) in [5.41, 5.74) is 0.534. The molecule has 0 saturated heterocycles. The minimum Gasteiger partial charge on any atom is -0.336 e. The predicted octanol–water partition coefficient (Wildman–Crippen LogP) is 4.90. The Morgan fingerprint density at radius 3 is 2.24 bits per heavy atom. The lowest BCUT2D eigenvalue weighted by Crippen LogP contribution is -2.07. The number of aromatic nitrogens is 4. The van der Waals surface area contributed by atoms with E-state index in [1.165, 1.54) is 6.20 Å². The van der Waals surface area contributed by atoms with Crippen molar-refractivity contribution in [2.45, 2.75) is 0 Å². The Hall–Kier alpha value is -3.88. The van der Waals surface area contributed by atoms with Crippen molar-refractivity contribution in [3.63, 3.8) is 0 Å². The number of pyridine rings is 1. The summed E-state index contributed by atoms with van der Waals surface area (Å²) in [5.74, 6) is -6.88. The van der Waals surface area contributed by atoms with Gasteiger partial charge in [-0.2, -0.15) is 0 Å². The van der Waals surface area contributed by atoms with Gasteiger partial charge in [0.1, 0.15) is 11.4 Å². The Morgan fingerprint density at radius 1 is 0.759 bits per heavy atom. The molecule has 0 aliphatic carbocycles. The fourth-order valence-electron chi connectivity index (χ4n) is 2.60. The number of nitrogens with zero attached hydrogens (tertiary/aromatic N) is 4. The van der Waals surface area contributed by atoms with Crippen molar-refractivity contribution in [3.8, 4) is 22.8 Å². The smallest absolute Gasteiger partial charge is 0.202 e. The van der Waals surface area contributed by atoms with Crippen molar-refractivity contribution < 1.29 is 17.6 Å². The minimum absolute atomic E-state index is 0.0313. The molecule has 0 atom stereocenters. The second-order valence-electron chi connectivity index (χ2n) is 5.89. The molecule has 0 fully saturated rings. The topological polar surface area (TPSA) is 63.6 Å². The third kappa shape index (κ3) is 3.62. The molecule has 0 radical (unpaired) electrons. The van der Waals surface area contributed by atoms with Gasteiger partial charge in [-0.3, -0.25) is 4.98 Å². The Kier molecular flexibility index (Phi) is 4.86. The second-order valence-corrected chi connectivity index (χ2v) is 5.89. The maximum Gasteiger partial charge on any atom is 0.202 e. The molecule has 9 heteroatoms. The zero-order valence-electron chi connectivity index (χ0n) is 14.6. The lowest BCUT2D eigenvalue weighted by atomic mass is 10.1. The zero-order valence-corrected chi connectivity index (χ0v) is 14.6.